The molecule has 0 heterocycles. The Kier molecular flexibility index (Phi) is 11.3. The van der Waals surface area contributed by atoms with Gasteiger partial charge in [0.1, 0.15) is 18.1 Å². The van der Waals surface area contributed by atoms with E-state index in [-0.39, 0.29) is 5.75 Å². The lowest BCUT2D eigenvalue weighted by Gasteiger charge is -2.23. The summed E-state index contributed by atoms with van der Waals surface area (Å²) >= 11 is 3.74. The van der Waals surface area contributed by atoms with Crippen molar-refractivity contribution in [2.75, 3.05) is 12.4 Å². The van der Waals surface area contributed by atoms with Gasteiger partial charge in [-0.05, 0) is 0 Å². The fraction of sp³-hybridized carbons (Fsp3) is 0.571. The third kappa shape index (κ3) is 9.72. The number of amides is 4. The second kappa shape index (κ2) is 12.5. The van der Waals surface area contributed by atoms with E-state index in [1.807, 2.05) is 16.0 Å². The van der Waals surface area contributed by atoms with Crippen LogP contribution in [0.3, 0.4) is 0 Å². The van der Waals surface area contributed by atoms with Crippen molar-refractivity contribution in [2.45, 2.75) is 37.0 Å². The van der Waals surface area contributed by atoms with Gasteiger partial charge >= 0.3 is 11.9 Å². The topological polar surface area (TPSA) is 251 Å². The number of thiol groups is 1. The number of carbonyl (C=O) groups is 6. The van der Waals surface area contributed by atoms with Gasteiger partial charge in [0.25, 0.3) is 0 Å². The van der Waals surface area contributed by atoms with E-state index in [2.05, 4.69) is 12.6 Å². The minimum atomic E-state index is -1.71. The van der Waals surface area contributed by atoms with Gasteiger partial charge in [0.2, 0.25) is 23.6 Å². The molecule has 0 aromatic heterocycles. The monoisotopic (exact) mass is 437 g/mol. The van der Waals surface area contributed by atoms with E-state index < -0.39 is 79.2 Å². The summed E-state index contributed by atoms with van der Waals surface area (Å²) in [6, 6.07) is -6.20. The zero-order chi connectivity index (χ0) is 22.7. The Hall–Kier alpha value is -2.91. The highest BCUT2D eigenvalue weighted by molar-refractivity contribution is 7.80. The molecular formula is C14H23N5O9S. The maximum Gasteiger partial charge on any atom is 0.327 e. The molecule has 10 N–H and O–H groups in total. The average Bonchev–Trinajstić information content (AvgIpc) is 2.61. The molecule has 4 unspecified atom stereocenters. The summed E-state index contributed by atoms with van der Waals surface area (Å²) < 4.78 is 0. The summed E-state index contributed by atoms with van der Waals surface area (Å²) in [7, 11) is 0. The first-order valence-electron chi connectivity index (χ1n) is 8.04. The molecule has 164 valence electrons. The molecule has 0 rings (SSSR count). The van der Waals surface area contributed by atoms with Crippen molar-refractivity contribution in [1.29, 1.82) is 0 Å². The first kappa shape index (κ1) is 26.1. The first-order chi connectivity index (χ1) is 13.4. The summed E-state index contributed by atoms with van der Waals surface area (Å²) in [4.78, 5) is 68.9. The number of rotatable bonds is 13. The van der Waals surface area contributed by atoms with Crippen molar-refractivity contribution >= 4 is 48.2 Å². The number of carbonyl (C=O) groups excluding carboxylic acids is 4. The Morgan fingerprint density at radius 1 is 0.828 bits per heavy atom. The zero-order valence-corrected chi connectivity index (χ0v) is 15.9. The van der Waals surface area contributed by atoms with Crippen LogP contribution < -0.4 is 27.4 Å². The molecule has 0 spiro atoms. The molecule has 4 amide bonds. The Morgan fingerprint density at radius 2 is 1.31 bits per heavy atom. The Bertz CT molecular complexity index is 659. The Labute approximate surface area is 169 Å². The largest absolute Gasteiger partial charge is 0.481 e. The second-order valence-corrected chi connectivity index (χ2v) is 6.13. The molecule has 14 nitrogen and oxygen atoms in total. The summed E-state index contributed by atoms with van der Waals surface area (Å²) in [6.45, 7) is -0.953. The van der Waals surface area contributed by atoms with Gasteiger partial charge in [-0.2, -0.15) is 12.6 Å². The molecule has 0 saturated carbocycles. The maximum absolute atomic E-state index is 12.3. The third-order valence-corrected chi connectivity index (χ3v) is 3.75. The van der Waals surface area contributed by atoms with Crippen LogP contribution in [0.15, 0.2) is 0 Å². The highest BCUT2D eigenvalue weighted by Crippen LogP contribution is 1.99. The minimum absolute atomic E-state index is 0.275. The first-order valence-corrected chi connectivity index (χ1v) is 8.67. The van der Waals surface area contributed by atoms with Gasteiger partial charge in [-0.3, -0.25) is 24.0 Å². The average molecular weight is 437 g/mol. The van der Waals surface area contributed by atoms with Crippen molar-refractivity contribution in [3.63, 3.8) is 0 Å². The Morgan fingerprint density at radius 3 is 1.72 bits per heavy atom. The summed E-state index contributed by atoms with van der Waals surface area (Å²) in [5, 5.41) is 33.1. The van der Waals surface area contributed by atoms with Gasteiger partial charge < -0.3 is 42.7 Å². The predicted molar refractivity (Wildman–Crippen MR) is 98.4 cm³/mol. The van der Waals surface area contributed by atoms with E-state index in [1.54, 1.807) is 0 Å². The lowest BCUT2D eigenvalue weighted by molar-refractivity contribution is -0.143. The van der Waals surface area contributed by atoms with Crippen molar-refractivity contribution in [2.24, 2.45) is 11.5 Å². The number of aliphatic hydroxyl groups excluding tert-OH is 1. The summed E-state index contributed by atoms with van der Waals surface area (Å²) in [6.07, 6.45) is -1.47. The van der Waals surface area contributed by atoms with Gasteiger partial charge in [-0.15, -0.1) is 0 Å². The fourth-order valence-corrected chi connectivity index (χ4v) is 2.14. The van der Waals surface area contributed by atoms with Crippen LogP contribution in [-0.2, 0) is 28.8 Å². The second-order valence-electron chi connectivity index (χ2n) is 5.76. The highest BCUT2D eigenvalue weighted by Gasteiger charge is 2.31. The highest BCUT2D eigenvalue weighted by atomic mass is 32.1. The van der Waals surface area contributed by atoms with Crippen LogP contribution in [0.5, 0.6) is 0 Å². The number of hydrogen-bond donors (Lipinski definition) is 9. The molecular weight excluding hydrogens is 414 g/mol. The van der Waals surface area contributed by atoms with Gasteiger partial charge in [-0.25, -0.2) is 4.79 Å². The van der Waals surface area contributed by atoms with Gasteiger partial charge in [0.15, 0.2) is 0 Å². The molecule has 4 atom stereocenters. The van der Waals surface area contributed by atoms with Crippen LogP contribution in [0.25, 0.3) is 0 Å². The van der Waals surface area contributed by atoms with E-state index in [0.717, 1.165) is 0 Å². The zero-order valence-electron chi connectivity index (χ0n) is 15.0. The quantitative estimate of drug-likeness (QED) is 0.124. The third-order valence-electron chi connectivity index (χ3n) is 3.38. The number of nitrogens with one attached hydrogen (secondary N) is 3. The molecule has 0 aromatic carbocycles. The number of carboxylic acid groups (broad SMARTS) is 2. The van der Waals surface area contributed by atoms with Crippen LogP contribution >= 0.6 is 12.6 Å². The van der Waals surface area contributed by atoms with Crippen LogP contribution in [0.1, 0.15) is 12.8 Å². The SMILES string of the molecule is NC(=O)CC(N)C(=O)NC(CC(=O)O)C(=O)NC(CO)C(=O)NC(CS)C(=O)O. The fourth-order valence-electron chi connectivity index (χ4n) is 1.90. The van der Waals surface area contributed by atoms with Crippen LogP contribution in [0, 0.1) is 0 Å². The number of hydrogen-bond acceptors (Lipinski definition) is 9. The molecule has 0 bridgehead atoms. The van der Waals surface area contributed by atoms with Crippen molar-refractivity contribution in [3.8, 4) is 0 Å². The lowest BCUT2D eigenvalue weighted by atomic mass is 10.1. The Balaban J connectivity index is 5.20. The van der Waals surface area contributed by atoms with Crippen LogP contribution in [-0.4, -0.2) is 87.4 Å². The molecule has 0 aliphatic rings. The summed E-state index contributed by atoms with van der Waals surface area (Å²) in [5.41, 5.74) is 10.3. The van der Waals surface area contributed by atoms with E-state index in [1.165, 1.54) is 0 Å². The van der Waals surface area contributed by atoms with Crippen molar-refractivity contribution in [3.05, 3.63) is 0 Å². The van der Waals surface area contributed by atoms with Crippen molar-refractivity contribution < 1.29 is 44.1 Å². The molecule has 0 aromatic rings. The molecule has 0 aliphatic heterocycles. The van der Waals surface area contributed by atoms with Crippen LogP contribution in [0.2, 0.25) is 0 Å². The van der Waals surface area contributed by atoms with Crippen LogP contribution in [0.4, 0.5) is 0 Å². The molecule has 0 saturated heterocycles. The minimum Gasteiger partial charge on any atom is -0.481 e. The molecule has 29 heavy (non-hydrogen) atoms. The molecule has 0 aliphatic carbocycles. The van der Waals surface area contributed by atoms with E-state index in [4.69, 9.17) is 21.7 Å². The van der Waals surface area contributed by atoms with Gasteiger partial charge in [0.05, 0.1) is 25.5 Å². The number of nitrogens with two attached hydrogens (primary N) is 2. The van der Waals surface area contributed by atoms with Gasteiger partial charge in [-0.1, -0.05) is 0 Å². The summed E-state index contributed by atoms with van der Waals surface area (Å²) in [5.74, 6) is -7.36. The lowest BCUT2D eigenvalue weighted by Crippen LogP contribution is -2.58. The van der Waals surface area contributed by atoms with E-state index in [9.17, 15) is 33.9 Å². The number of carboxylic acids is 2. The maximum atomic E-state index is 12.3. The van der Waals surface area contributed by atoms with E-state index in [0.29, 0.717) is 0 Å². The number of primary amides is 1. The molecule has 0 radical (unpaired) electrons. The smallest absolute Gasteiger partial charge is 0.327 e. The van der Waals surface area contributed by atoms with E-state index >= 15 is 0 Å². The normalized spacial score (nSPS) is 14.6. The van der Waals surface area contributed by atoms with Crippen molar-refractivity contribution in [1.82, 2.24) is 16.0 Å². The number of aliphatic carboxylic acids is 2. The number of aliphatic hydroxyl groups is 1. The standard InChI is InChI=1S/C14H23N5O9S/c15-5(1-9(16)21)11(24)17-6(2-10(22)23)12(25)18-7(3-20)13(26)19-8(4-29)14(27)28/h5-8,20,29H,1-4,15H2,(H2,16,21)(H,17,24)(H,18,25)(H,19,26)(H,22,23)(H,27,28). The molecule has 0 fully saturated rings. The molecule has 15 heteroatoms. The van der Waals surface area contributed by atoms with Gasteiger partial charge in [0, 0.05) is 5.75 Å². The predicted octanol–water partition coefficient (Wildman–Crippen LogP) is -4.88.